The minimum absolute atomic E-state index is 0.0506. The number of carbonyl (C=O) groups excluding carboxylic acids is 1. The summed E-state index contributed by atoms with van der Waals surface area (Å²) in [4.78, 5) is 31.7. The number of hydrogen-bond acceptors (Lipinski definition) is 4. The van der Waals surface area contributed by atoms with Gasteiger partial charge in [-0.25, -0.2) is 0 Å². The smallest absolute Gasteiger partial charge is 0.272 e. The Morgan fingerprint density at radius 2 is 1.89 bits per heavy atom. The minimum Gasteiger partial charge on any atom is -0.494 e. The van der Waals surface area contributed by atoms with E-state index in [0.717, 1.165) is 46.3 Å². The number of ether oxygens (including phenoxy) is 1. The van der Waals surface area contributed by atoms with E-state index in [9.17, 15) is 9.59 Å². The predicted molar refractivity (Wildman–Crippen MR) is 146 cm³/mol. The van der Waals surface area contributed by atoms with E-state index in [1.807, 2.05) is 78.6 Å². The minimum atomic E-state index is -0.247. The van der Waals surface area contributed by atoms with Crippen LogP contribution < -0.4 is 20.5 Å². The van der Waals surface area contributed by atoms with Crippen molar-refractivity contribution in [3.63, 3.8) is 0 Å². The number of aromatic nitrogens is 1. The van der Waals surface area contributed by atoms with Gasteiger partial charge in [-0.05, 0) is 67.8 Å². The SMILES string of the molecule is CCOc1ccc(NC(=O)C2CCCN(c3c(-c4ccccc4)c4cc(Cl)ccc4[nH]c3=O)C2)cc1. The van der Waals surface area contributed by atoms with Crippen LogP contribution >= 0.6 is 11.6 Å². The highest BCUT2D eigenvalue weighted by Gasteiger charge is 2.29. The van der Waals surface area contributed by atoms with Crippen LogP contribution in [0.2, 0.25) is 5.02 Å². The van der Waals surface area contributed by atoms with Gasteiger partial charge in [-0.2, -0.15) is 0 Å². The van der Waals surface area contributed by atoms with Crippen molar-refractivity contribution in [2.45, 2.75) is 19.8 Å². The molecular formula is C29H28ClN3O3. The van der Waals surface area contributed by atoms with E-state index in [-0.39, 0.29) is 17.4 Å². The van der Waals surface area contributed by atoms with E-state index >= 15 is 0 Å². The van der Waals surface area contributed by atoms with Gasteiger partial charge in [-0.15, -0.1) is 0 Å². The highest BCUT2D eigenvalue weighted by Crippen LogP contribution is 2.37. The molecule has 1 aromatic heterocycles. The number of nitrogens with one attached hydrogen (secondary N) is 2. The van der Waals surface area contributed by atoms with E-state index in [4.69, 9.17) is 16.3 Å². The average Bonchev–Trinajstić information content (AvgIpc) is 2.90. The molecular weight excluding hydrogens is 474 g/mol. The molecule has 4 aromatic rings. The molecule has 184 valence electrons. The third-order valence-corrected chi connectivity index (χ3v) is 6.79. The summed E-state index contributed by atoms with van der Waals surface area (Å²) in [7, 11) is 0. The molecule has 1 saturated heterocycles. The topological polar surface area (TPSA) is 74.4 Å². The number of carbonyl (C=O) groups is 1. The lowest BCUT2D eigenvalue weighted by molar-refractivity contribution is -0.120. The van der Waals surface area contributed by atoms with Crippen molar-refractivity contribution in [2.75, 3.05) is 29.9 Å². The molecule has 0 spiro atoms. The molecule has 1 atom stereocenters. The Morgan fingerprint density at radius 3 is 2.64 bits per heavy atom. The lowest BCUT2D eigenvalue weighted by Gasteiger charge is -2.34. The fourth-order valence-electron chi connectivity index (χ4n) is 4.89. The molecule has 2 heterocycles. The number of amides is 1. The largest absolute Gasteiger partial charge is 0.494 e. The quantitative estimate of drug-likeness (QED) is 0.334. The van der Waals surface area contributed by atoms with Gasteiger partial charge < -0.3 is 19.9 Å². The monoisotopic (exact) mass is 501 g/mol. The first-order chi connectivity index (χ1) is 17.5. The molecule has 1 aliphatic rings. The molecule has 0 bridgehead atoms. The standard InChI is InChI=1S/C29H28ClN3O3/c1-2-36-23-13-11-22(12-14-23)31-28(34)20-9-6-16-33(18-20)27-26(19-7-4-3-5-8-19)24-17-21(30)10-15-25(24)32-29(27)35/h3-5,7-8,10-15,17,20H,2,6,9,16,18H2,1H3,(H,31,34)(H,32,35). The van der Waals surface area contributed by atoms with Gasteiger partial charge in [0.25, 0.3) is 5.56 Å². The highest BCUT2D eigenvalue weighted by molar-refractivity contribution is 6.31. The second-order valence-electron chi connectivity index (χ2n) is 8.97. The molecule has 1 aliphatic heterocycles. The molecule has 0 radical (unpaired) electrons. The number of rotatable bonds is 6. The zero-order chi connectivity index (χ0) is 25.1. The van der Waals surface area contributed by atoms with Gasteiger partial charge in [0.15, 0.2) is 0 Å². The summed E-state index contributed by atoms with van der Waals surface area (Å²) in [5.74, 6) is 0.470. The molecule has 1 unspecified atom stereocenters. The zero-order valence-corrected chi connectivity index (χ0v) is 20.8. The summed E-state index contributed by atoms with van der Waals surface area (Å²) in [5, 5.41) is 4.51. The molecule has 36 heavy (non-hydrogen) atoms. The van der Waals surface area contributed by atoms with Crippen LogP contribution in [0.25, 0.3) is 22.0 Å². The fraction of sp³-hybridized carbons (Fsp3) is 0.241. The van der Waals surface area contributed by atoms with E-state index < -0.39 is 0 Å². The summed E-state index contributed by atoms with van der Waals surface area (Å²) in [6.07, 6.45) is 1.57. The van der Waals surface area contributed by atoms with Crippen LogP contribution in [0, 0.1) is 5.92 Å². The maximum Gasteiger partial charge on any atom is 0.272 e. The molecule has 5 rings (SSSR count). The van der Waals surface area contributed by atoms with Crippen molar-refractivity contribution < 1.29 is 9.53 Å². The molecule has 3 aromatic carbocycles. The zero-order valence-electron chi connectivity index (χ0n) is 20.1. The van der Waals surface area contributed by atoms with Gasteiger partial charge in [0.2, 0.25) is 5.91 Å². The summed E-state index contributed by atoms with van der Waals surface area (Å²) in [6, 6.07) is 22.7. The van der Waals surface area contributed by atoms with E-state index in [2.05, 4.69) is 10.3 Å². The van der Waals surface area contributed by atoms with E-state index in [1.54, 1.807) is 6.07 Å². The van der Waals surface area contributed by atoms with Crippen LogP contribution in [0.1, 0.15) is 19.8 Å². The van der Waals surface area contributed by atoms with Crippen molar-refractivity contribution in [2.24, 2.45) is 5.92 Å². The van der Waals surface area contributed by atoms with Crippen LogP contribution in [0.4, 0.5) is 11.4 Å². The van der Waals surface area contributed by atoms with Crippen LogP contribution in [-0.2, 0) is 4.79 Å². The Kier molecular flexibility index (Phi) is 6.96. The van der Waals surface area contributed by atoms with Crippen LogP contribution in [-0.4, -0.2) is 30.6 Å². The van der Waals surface area contributed by atoms with Crippen molar-refractivity contribution in [3.05, 3.63) is 88.2 Å². The molecule has 1 amide bonds. The molecule has 2 N–H and O–H groups in total. The average molecular weight is 502 g/mol. The van der Waals surface area contributed by atoms with Gasteiger partial charge >= 0.3 is 0 Å². The lowest BCUT2D eigenvalue weighted by atomic mass is 9.93. The van der Waals surface area contributed by atoms with Crippen LogP contribution in [0.15, 0.2) is 77.6 Å². The van der Waals surface area contributed by atoms with Crippen molar-refractivity contribution in [3.8, 4) is 16.9 Å². The van der Waals surface area contributed by atoms with Gasteiger partial charge in [-0.3, -0.25) is 9.59 Å². The van der Waals surface area contributed by atoms with Gasteiger partial charge in [0.05, 0.1) is 12.5 Å². The van der Waals surface area contributed by atoms with Crippen molar-refractivity contribution in [1.29, 1.82) is 0 Å². The third-order valence-electron chi connectivity index (χ3n) is 6.55. The number of piperidine rings is 1. The Bertz CT molecular complexity index is 1430. The van der Waals surface area contributed by atoms with Crippen LogP contribution in [0.5, 0.6) is 5.75 Å². The Balaban J connectivity index is 1.47. The van der Waals surface area contributed by atoms with Crippen molar-refractivity contribution in [1.82, 2.24) is 4.98 Å². The lowest BCUT2D eigenvalue weighted by Crippen LogP contribution is -2.43. The van der Waals surface area contributed by atoms with E-state index in [0.29, 0.717) is 30.4 Å². The number of hydrogen-bond donors (Lipinski definition) is 2. The molecule has 1 fully saturated rings. The van der Waals surface area contributed by atoms with Crippen molar-refractivity contribution >= 4 is 39.8 Å². The number of pyridine rings is 1. The Labute approximate surface area is 214 Å². The van der Waals surface area contributed by atoms with E-state index in [1.165, 1.54) is 0 Å². The molecule has 7 heteroatoms. The number of fused-ring (bicyclic) bond motifs is 1. The summed E-state index contributed by atoms with van der Waals surface area (Å²) >= 11 is 6.36. The predicted octanol–water partition coefficient (Wildman–Crippen LogP) is 6.10. The third kappa shape index (κ3) is 4.95. The maximum atomic E-state index is 13.4. The summed E-state index contributed by atoms with van der Waals surface area (Å²) < 4.78 is 5.48. The molecule has 0 saturated carbocycles. The number of halogens is 1. The summed E-state index contributed by atoms with van der Waals surface area (Å²) in [5.41, 5.74) is 3.64. The maximum absolute atomic E-state index is 13.4. The first kappa shape index (κ1) is 23.9. The second kappa shape index (κ2) is 10.5. The normalized spacial score (nSPS) is 15.6. The van der Waals surface area contributed by atoms with Gasteiger partial charge in [0.1, 0.15) is 11.4 Å². The molecule has 6 nitrogen and oxygen atoms in total. The second-order valence-corrected chi connectivity index (χ2v) is 9.40. The Morgan fingerprint density at radius 1 is 1.11 bits per heavy atom. The highest BCUT2D eigenvalue weighted by atomic mass is 35.5. The molecule has 0 aliphatic carbocycles. The number of H-pyrrole nitrogens is 1. The first-order valence-corrected chi connectivity index (χ1v) is 12.6. The summed E-state index contributed by atoms with van der Waals surface area (Å²) in [6.45, 7) is 3.68. The first-order valence-electron chi connectivity index (χ1n) is 12.2. The number of nitrogens with zero attached hydrogens (tertiary/aromatic N) is 1. The van der Waals surface area contributed by atoms with Gasteiger partial charge in [0, 0.05) is 40.3 Å². The van der Waals surface area contributed by atoms with Crippen LogP contribution in [0.3, 0.4) is 0 Å². The van der Waals surface area contributed by atoms with Gasteiger partial charge in [-0.1, -0.05) is 41.9 Å². The number of anilines is 2. The fourth-order valence-corrected chi connectivity index (χ4v) is 5.07. The number of benzene rings is 3. The Hall–Kier alpha value is -3.77. The number of aromatic amines is 1.